The van der Waals surface area contributed by atoms with Crippen LogP contribution >= 0.6 is 0 Å². The van der Waals surface area contributed by atoms with Crippen LogP contribution in [0.1, 0.15) is 50.7 Å². The Morgan fingerprint density at radius 2 is 1.00 bits per heavy atom. The van der Waals surface area contributed by atoms with Gasteiger partial charge in [0.25, 0.3) is 0 Å². The van der Waals surface area contributed by atoms with Crippen molar-refractivity contribution in [1.82, 2.24) is 0 Å². The van der Waals surface area contributed by atoms with Crippen molar-refractivity contribution in [2.75, 3.05) is 0 Å². The zero-order valence-electron chi connectivity index (χ0n) is 12.5. The van der Waals surface area contributed by atoms with E-state index < -0.39 is 24.6 Å². The monoisotopic (exact) mass is 440 g/mol. The average Bonchev–Trinajstić information content (AvgIpc) is 2.39. The van der Waals surface area contributed by atoms with E-state index in [1.807, 2.05) is 0 Å². The van der Waals surface area contributed by atoms with E-state index in [0.717, 1.165) is 0 Å². The molecule has 0 saturated carbocycles. The van der Waals surface area contributed by atoms with Gasteiger partial charge < -0.3 is 0 Å². The fraction of sp³-hybridized carbons (Fsp3) is 0.333. The molecule has 19 heavy (non-hydrogen) atoms. The maximum absolute atomic E-state index is 2.37. The molecule has 0 aliphatic carbocycles. The van der Waals surface area contributed by atoms with E-state index in [-0.39, 0.29) is 0 Å². The van der Waals surface area contributed by atoms with Gasteiger partial charge in [-0.05, 0) is 0 Å². The van der Waals surface area contributed by atoms with Gasteiger partial charge in [0.15, 0.2) is 0 Å². The van der Waals surface area contributed by atoms with Gasteiger partial charge in [-0.15, -0.1) is 0 Å². The van der Waals surface area contributed by atoms with Crippen LogP contribution in [0.4, 0.5) is 0 Å². The van der Waals surface area contributed by atoms with Crippen LogP contribution in [-0.2, 0) is 24.6 Å². The minimum absolute atomic E-state index is 0.641. The molecule has 0 N–H and O–H groups in total. The molecule has 1 heteroatoms. The molecule has 0 spiro atoms. The summed E-state index contributed by atoms with van der Waals surface area (Å²) in [6, 6.07) is 18.2. The van der Waals surface area contributed by atoms with Gasteiger partial charge >= 0.3 is 130 Å². The SMILES string of the molecule is CC(C)c1cccc[c]1[Hg][c]1ccccc1C(C)C. The van der Waals surface area contributed by atoms with Crippen LogP contribution in [0.5, 0.6) is 0 Å². The molecule has 0 nitrogen and oxygen atoms in total. The molecule has 0 saturated heterocycles. The predicted molar refractivity (Wildman–Crippen MR) is 80.3 cm³/mol. The standard InChI is InChI=1S/2C9H11.Hg/c2*1-8(2)9-6-4-3-5-7-9;/h2*3-6,8H,1-2H3;. The maximum atomic E-state index is 2.37. The number of benzene rings is 2. The van der Waals surface area contributed by atoms with E-state index in [1.165, 1.54) is 0 Å². The van der Waals surface area contributed by atoms with Gasteiger partial charge in [-0.25, -0.2) is 0 Å². The predicted octanol–water partition coefficient (Wildman–Crippen LogP) is 3.97. The van der Waals surface area contributed by atoms with Crippen molar-refractivity contribution in [3.8, 4) is 0 Å². The van der Waals surface area contributed by atoms with Crippen molar-refractivity contribution < 1.29 is 24.6 Å². The second-order valence-electron chi connectivity index (χ2n) is 5.88. The molecule has 0 atom stereocenters. The summed E-state index contributed by atoms with van der Waals surface area (Å²) < 4.78 is 3.37. The molecular formula is C18H22Hg. The van der Waals surface area contributed by atoms with Crippen LogP contribution < -0.4 is 6.14 Å². The summed E-state index contributed by atoms with van der Waals surface area (Å²) in [5.41, 5.74) is 3.14. The topological polar surface area (TPSA) is 0 Å². The van der Waals surface area contributed by atoms with Gasteiger partial charge in [0.1, 0.15) is 0 Å². The van der Waals surface area contributed by atoms with E-state index in [2.05, 4.69) is 76.2 Å². The fourth-order valence-electron chi connectivity index (χ4n) is 2.72. The van der Waals surface area contributed by atoms with Gasteiger partial charge in [0, 0.05) is 0 Å². The first kappa shape index (κ1) is 14.8. The molecule has 2 aromatic rings. The summed E-state index contributed by atoms with van der Waals surface area (Å²) in [5.74, 6) is 1.28. The summed E-state index contributed by atoms with van der Waals surface area (Å²) in [4.78, 5) is 0. The van der Waals surface area contributed by atoms with Crippen molar-refractivity contribution in [2.45, 2.75) is 39.5 Å². The zero-order valence-corrected chi connectivity index (χ0v) is 18.0. The molecule has 0 unspecified atom stereocenters. The minimum atomic E-state index is -1.23. The van der Waals surface area contributed by atoms with E-state index in [1.54, 1.807) is 17.3 Å². The molecule has 0 aromatic heterocycles. The first-order chi connectivity index (χ1) is 9.09. The summed E-state index contributed by atoms with van der Waals surface area (Å²) in [6.45, 7) is 9.23. The van der Waals surface area contributed by atoms with Crippen LogP contribution in [0.2, 0.25) is 0 Å². The Morgan fingerprint density at radius 3 is 1.37 bits per heavy atom. The van der Waals surface area contributed by atoms with Crippen LogP contribution in [0.3, 0.4) is 0 Å². The van der Waals surface area contributed by atoms with E-state index >= 15 is 0 Å². The quantitative estimate of drug-likeness (QED) is 0.634. The van der Waals surface area contributed by atoms with Crippen molar-refractivity contribution >= 4 is 6.14 Å². The van der Waals surface area contributed by atoms with Crippen LogP contribution in [0.15, 0.2) is 48.5 Å². The fourth-order valence-corrected chi connectivity index (χ4v) is 12.0. The second-order valence-corrected chi connectivity index (χ2v) is 13.2. The Hall–Kier alpha value is -0.625. The molecule has 0 amide bonds. The molecule has 2 aromatic carbocycles. The Balaban J connectivity index is 2.37. The third kappa shape index (κ3) is 3.69. The third-order valence-electron chi connectivity index (χ3n) is 3.74. The average molecular weight is 439 g/mol. The molecule has 0 aliphatic heterocycles. The van der Waals surface area contributed by atoms with Gasteiger partial charge in [-0.2, -0.15) is 0 Å². The Bertz CT molecular complexity index is 491. The van der Waals surface area contributed by atoms with Crippen molar-refractivity contribution in [3.05, 3.63) is 59.7 Å². The molecule has 0 fully saturated rings. The first-order valence-electron chi connectivity index (χ1n) is 7.25. The Morgan fingerprint density at radius 1 is 0.632 bits per heavy atom. The summed E-state index contributed by atoms with van der Waals surface area (Å²) in [6.07, 6.45) is 0. The normalized spacial score (nSPS) is 10.8. The molecular weight excluding hydrogens is 417 g/mol. The van der Waals surface area contributed by atoms with E-state index in [4.69, 9.17) is 0 Å². The van der Waals surface area contributed by atoms with Crippen LogP contribution in [0, 0.1) is 0 Å². The van der Waals surface area contributed by atoms with E-state index in [0.29, 0.717) is 11.8 Å². The zero-order chi connectivity index (χ0) is 13.8. The van der Waals surface area contributed by atoms with Gasteiger partial charge in [-0.1, -0.05) is 0 Å². The first-order valence-corrected chi connectivity index (χ1v) is 12.7. The van der Waals surface area contributed by atoms with E-state index in [9.17, 15) is 0 Å². The van der Waals surface area contributed by atoms with Crippen LogP contribution in [-0.4, -0.2) is 0 Å². The second kappa shape index (κ2) is 6.70. The third-order valence-corrected chi connectivity index (χ3v) is 11.7. The number of rotatable bonds is 4. The summed E-state index contributed by atoms with van der Waals surface area (Å²) >= 11 is -1.23. The van der Waals surface area contributed by atoms with Gasteiger partial charge in [0.2, 0.25) is 0 Å². The van der Waals surface area contributed by atoms with Gasteiger partial charge in [-0.3, -0.25) is 0 Å². The molecule has 2 rings (SSSR count). The summed E-state index contributed by atoms with van der Waals surface area (Å²) in [7, 11) is 0. The molecule has 0 radical (unpaired) electrons. The van der Waals surface area contributed by atoms with Crippen LogP contribution in [0.25, 0.3) is 0 Å². The van der Waals surface area contributed by atoms with Crippen molar-refractivity contribution in [3.63, 3.8) is 0 Å². The van der Waals surface area contributed by atoms with Gasteiger partial charge in [0.05, 0.1) is 0 Å². The molecule has 0 bridgehead atoms. The van der Waals surface area contributed by atoms with Crippen molar-refractivity contribution in [1.29, 1.82) is 0 Å². The summed E-state index contributed by atoms with van der Waals surface area (Å²) in [5, 5.41) is 0. The molecule has 0 aliphatic rings. The Kier molecular flexibility index (Phi) is 5.21. The number of hydrogen-bond acceptors (Lipinski definition) is 0. The molecule has 96 valence electrons. The Labute approximate surface area is 129 Å². The number of hydrogen-bond donors (Lipinski definition) is 0. The molecule has 0 heterocycles. The van der Waals surface area contributed by atoms with Crippen molar-refractivity contribution in [2.24, 2.45) is 0 Å².